The molecule has 1 aromatic heterocycles. The van der Waals surface area contributed by atoms with Gasteiger partial charge < -0.3 is 10.4 Å². The van der Waals surface area contributed by atoms with Crippen LogP contribution in [-0.4, -0.2) is 33.4 Å². The van der Waals surface area contributed by atoms with Crippen LogP contribution in [0, 0.1) is 0 Å². The van der Waals surface area contributed by atoms with E-state index in [0.717, 1.165) is 24.5 Å². The minimum absolute atomic E-state index is 0.253. The van der Waals surface area contributed by atoms with Gasteiger partial charge in [-0.25, -0.2) is 4.98 Å². The van der Waals surface area contributed by atoms with Gasteiger partial charge in [-0.2, -0.15) is 5.10 Å². The lowest BCUT2D eigenvalue weighted by Crippen LogP contribution is -2.40. The van der Waals surface area contributed by atoms with Crippen molar-refractivity contribution in [2.75, 3.05) is 13.1 Å². The summed E-state index contributed by atoms with van der Waals surface area (Å²) in [7, 11) is 0. The summed E-state index contributed by atoms with van der Waals surface area (Å²) in [6.45, 7) is 1.93. The molecule has 5 nitrogen and oxygen atoms in total. The van der Waals surface area contributed by atoms with Gasteiger partial charge in [-0.15, -0.1) is 0 Å². The van der Waals surface area contributed by atoms with E-state index < -0.39 is 0 Å². The summed E-state index contributed by atoms with van der Waals surface area (Å²) in [5.41, 5.74) is 0.910. The van der Waals surface area contributed by atoms with E-state index in [1.807, 2.05) is 0 Å². The molecule has 0 atom stereocenters. The Labute approximate surface area is 92.5 Å². The van der Waals surface area contributed by atoms with Crippen LogP contribution in [0.3, 0.4) is 0 Å². The summed E-state index contributed by atoms with van der Waals surface area (Å²) >= 11 is 0. The molecular weight excluding hydrogens is 204 g/mol. The number of hydrogen-bond donors (Lipinski definition) is 3. The summed E-state index contributed by atoms with van der Waals surface area (Å²) in [6.07, 6.45) is 0. The van der Waals surface area contributed by atoms with E-state index in [0.29, 0.717) is 11.7 Å². The Hall–Kier alpha value is -1.88. The quantitative estimate of drug-likeness (QED) is 0.696. The second kappa shape index (κ2) is 3.61. The first-order valence-electron chi connectivity index (χ1n) is 5.25. The molecular formula is C11H12N4O. The Morgan fingerprint density at radius 3 is 2.56 bits per heavy atom. The molecule has 16 heavy (non-hydrogen) atoms. The number of nitrogens with zero attached hydrogens (tertiary/aromatic N) is 2. The van der Waals surface area contributed by atoms with Crippen molar-refractivity contribution < 1.29 is 5.11 Å². The van der Waals surface area contributed by atoms with Crippen molar-refractivity contribution >= 4 is 0 Å². The monoisotopic (exact) mass is 216 g/mol. The van der Waals surface area contributed by atoms with Crippen LogP contribution in [0.5, 0.6) is 5.75 Å². The summed E-state index contributed by atoms with van der Waals surface area (Å²) in [6, 6.07) is 6.88. The molecule has 0 radical (unpaired) electrons. The van der Waals surface area contributed by atoms with Crippen molar-refractivity contribution in [2.24, 2.45) is 0 Å². The second-order valence-corrected chi connectivity index (χ2v) is 3.95. The summed E-state index contributed by atoms with van der Waals surface area (Å²) < 4.78 is 0. The predicted molar refractivity (Wildman–Crippen MR) is 59.1 cm³/mol. The number of H-pyrrole nitrogens is 1. The third kappa shape index (κ3) is 1.55. The van der Waals surface area contributed by atoms with Crippen molar-refractivity contribution in [3.05, 3.63) is 30.1 Å². The Morgan fingerprint density at radius 1 is 1.19 bits per heavy atom. The van der Waals surface area contributed by atoms with Gasteiger partial charge in [0.15, 0.2) is 5.82 Å². The molecule has 82 valence electrons. The number of rotatable bonds is 2. The largest absolute Gasteiger partial charge is 0.508 e. The van der Waals surface area contributed by atoms with Crippen molar-refractivity contribution in [1.29, 1.82) is 0 Å². The van der Waals surface area contributed by atoms with Crippen molar-refractivity contribution in [3.63, 3.8) is 0 Å². The average Bonchev–Trinajstić information content (AvgIpc) is 2.65. The van der Waals surface area contributed by atoms with Crippen molar-refractivity contribution in [1.82, 2.24) is 20.5 Å². The molecule has 1 aliphatic rings. The second-order valence-electron chi connectivity index (χ2n) is 3.95. The van der Waals surface area contributed by atoms with Crippen molar-refractivity contribution in [3.8, 4) is 17.1 Å². The maximum Gasteiger partial charge on any atom is 0.181 e. The first-order chi connectivity index (χ1) is 7.83. The van der Waals surface area contributed by atoms with E-state index in [1.165, 1.54) is 0 Å². The Bertz CT molecular complexity index is 487. The summed E-state index contributed by atoms with van der Waals surface area (Å²) in [5.74, 6) is 2.32. The van der Waals surface area contributed by atoms with E-state index in [1.54, 1.807) is 24.3 Å². The molecule has 0 amide bonds. The van der Waals surface area contributed by atoms with Crippen LogP contribution in [0.25, 0.3) is 11.4 Å². The molecule has 2 heterocycles. The van der Waals surface area contributed by atoms with E-state index in [-0.39, 0.29) is 5.75 Å². The average molecular weight is 216 g/mol. The maximum absolute atomic E-state index is 9.19. The first kappa shape index (κ1) is 9.35. The minimum Gasteiger partial charge on any atom is -0.508 e. The SMILES string of the molecule is Oc1ccc(-c2n[nH]c(C3CNC3)n2)cc1. The number of nitrogens with one attached hydrogen (secondary N) is 2. The summed E-state index contributed by atoms with van der Waals surface area (Å²) in [5, 5.41) is 19.5. The predicted octanol–water partition coefficient (Wildman–Crippen LogP) is 0.864. The molecule has 0 aliphatic carbocycles. The normalized spacial score (nSPS) is 16.0. The third-order valence-corrected chi connectivity index (χ3v) is 2.80. The molecule has 1 aromatic carbocycles. The number of aromatic nitrogens is 3. The van der Waals surface area contributed by atoms with Gasteiger partial charge in [-0.3, -0.25) is 5.10 Å². The van der Waals surface area contributed by atoms with E-state index in [9.17, 15) is 5.11 Å². The van der Waals surface area contributed by atoms with E-state index in [2.05, 4.69) is 20.5 Å². The molecule has 1 saturated heterocycles. The van der Waals surface area contributed by atoms with Gasteiger partial charge in [0.2, 0.25) is 0 Å². The van der Waals surface area contributed by atoms with Crippen LogP contribution in [0.1, 0.15) is 11.7 Å². The third-order valence-electron chi connectivity index (χ3n) is 2.80. The molecule has 0 unspecified atom stereocenters. The van der Waals surface area contributed by atoms with Gasteiger partial charge in [-0.05, 0) is 24.3 Å². The number of aromatic hydroxyl groups is 1. The fourth-order valence-corrected chi connectivity index (χ4v) is 1.68. The highest BCUT2D eigenvalue weighted by atomic mass is 16.3. The fraction of sp³-hybridized carbons (Fsp3) is 0.273. The highest BCUT2D eigenvalue weighted by Gasteiger charge is 2.22. The lowest BCUT2D eigenvalue weighted by Gasteiger charge is -2.24. The van der Waals surface area contributed by atoms with Crippen LogP contribution >= 0.6 is 0 Å². The maximum atomic E-state index is 9.19. The molecule has 3 rings (SSSR count). The topological polar surface area (TPSA) is 73.8 Å². The van der Waals surface area contributed by atoms with Crippen LogP contribution < -0.4 is 5.32 Å². The zero-order valence-electron chi connectivity index (χ0n) is 8.64. The molecule has 1 fully saturated rings. The highest BCUT2D eigenvalue weighted by Crippen LogP contribution is 2.21. The van der Waals surface area contributed by atoms with Crippen LogP contribution in [0.2, 0.25) is 0 Å². The van der Waals surface area contributed by atoms with Gasteiger partial charge >= 0.3 is 0 Å². The zero-order chi connectivity index (χ0) is 11.0. The Kier molecular flexibility index (Phi) is 2.11. The molecule has 5 heteroatoms. The molecule has 2 aromatic rings. The van der Waals surface area contributed by atoms with Gasteiger partial charge in [-0.1, -0.05) is 0 Å². The zero-order valence-corrected chi connectivity index (χ0v) is 8.64. The Morgan fingerprint density at radius 2 is 1.94 bits per heavy atom. The lowest BCUT2D eigenvalue weighted by molar-refractivity contribution is 0.431. The standard InChI is InChI=1S/C11H12N4O/c16-9-3-1-7(2-4-9)10-13-11(15-14-10)8-5-12-6-8/h1-4,8,12,16H,5-6H2,(H,13,14,15). The van der Waals surface area contributed by atoms with Crippen LogP contribution in [0.4, 0.5) is 0 Å². The fourth-order valence-electron chi connectivity index (χ4n) is 1.68. The lowest BCUT2D eigenvalue weighted by atomic mass is 10.0. The molecule has 0 saturated carbocycles. The molecule has 0 spiro atoms. The van der Waals surface area contributed by atoms with E-state index >= 15 is 0 Å². The van der Waals surface area contributed by atoms with Gasteiger partial charge in [0.05, 0.1) is 0 Å². The number of aromatic amines is 1. The van der Waals surface area contributed by atoms with Gasteiger partial charge in [0.1, 0.15) is 11.6 Å². The number of hydrogen-bond acceptors (Lipinski definition) is 4. The van der Waals surface area contributed by atoms with Crippen LogP contribution in [0.15, 0.2) is 24.3 Å². The smallest absolute Gasteiger partial charge is 0.181 e. The van der Waals surface area contributed by atoms with Crippen LogP contribution in [-0.2, 0) is 0 Å². The highest BCUT2D eigenvalue weighted by molar-refractivity contribution is 5.55. The summed E-state index contributed by atoms with van der Waals surface area (Å²) in [4.78, 5) is 4.44. The molecule has 0 bridgehead atoms. The first-order valence-corrected chi connectivity index (χ1v) is 5.25. The minimum atomic E-state index is 0.253. The van der Waals surface area contributed by atoms with Gasteiger partial charge in [0.25, 0.3) is 0 Å². The van der Waals surface area contributed by atoms with Gasteiger partial charge in [0, 0.05) is 24.6 Å². The molecule has 3 N–H and O–H groups in total. The number of benzene rings is 1. The van der Waals surface area contributed by atoms with E-state index in [4.69, 9.17) is 0 Å². The van der Waals surface area contributed by atoms with Crippen molar-refractivity contribution in [2.45, 2.75) is 5.92 Å². The molecule has 1 aliphatic heterocycles. The number of phenols is 1. The number of phenolic OH excluding ortho intramolecular Hbond substituents is 1. The Balaban J connectivity index is 1.88.